The lowest BCUT2D eigenvalue weighted by molar-refractivity contribution is 0.0695. The highest BCUT2D eigenvalue weighted by Crippen LogP contribution is 2.38. The lowest BCUT2D eigenvalue weighted by Crippen LogP contribution is -2.19. The lowest BCUT2D eigenvalue weighted by Gasteiger charge is -2.14. The van der Waals surface area contributed by atoms with Gasteiger partial charge in [-0.3, -0.25) is 9.52 Å². The number of carbonyl (C=O) groups is 1. The Morgan fingerprint density at radius 2 is 1.85 bits per heavy atom. The number of benzene rings is 2. The van der Waals surface area contributed by atoms with E-state index in [1.807, 2.05) is 24.3 Å². The number of rotatable bonds is 11. The monoisotopic (exact) mass is 470 g/mol. The predicted molar refractivity (Wildman–Crippen MR) is 128 cm³/mol. The normalized spacial score (nSPS) is 13.5. The second-order valence-electron chi connectivity index (χ2n) is 8.32. The number of hydrogen-bond donors (Lipinski definition) is 3. The van der Waals surface area contributed by atoms with E-state index in [1.54, 1.807) is 10.6 Å². The topological polar surface area (TPSA) is 91.6 Å². The molecule has 2 aromatic carbocycles. The third kappa shape index (κ3) is 5.46. The van der Waals surface area contributed by atoms with E-state index in [-0.39, 0.29) is 23.6 Å². The largest absolute Gasteiger partial charge is 0.477 e. The molecule has 1 aliphatic rings. The Bertz CT molecular complexity index is 1210. The van der Waals surface area contributed by atoms with Crippen LogP contribution in [0.4, 0.5) is 4.39 Å². The zero-order chi connectivity index (χ0) is 23.4. The van der Waals surface area contributed by atoms with Gasteiger partial charge in [-0.15, -0.1) is 0 Å². The zero-order valence-corrected chi connectivity index (χ0v) is 19.0. The minimum absolute atomic E-state index is 0.0958. The van der Waals surface area contributed by atoms with Crippen molar-refractivity contribution in [3.05, 3.63) is 64.2 Å². The molecular weight excluding hydrogens is 443 g/mol. The van der Waals surface area contributed by atoms with Gasteiger partial charge >= 0.3 is 5.97 Å². The van der Waals surface area contributed by atoms with Crippen molar-refractivity contribution in [1.82, 2.24) is 9.29 Å². The third-order valence-electron chi connectivity index (χ3n) is 5.83. The molecule has 0 aliphatic heterocycles. The summed E-state index contributed by atoms with van der Waals surface area (Å²) < 4.78 is 20.1. The number of unbranched alkanes of at least 4 members (excludes halogenated alkanes) is 3. The van der Waals surface area contributed by atoms with Crippen molar-refractivity contribution in [2.75, 3.05) is 13.2 Å². The van der Waals surface area contributed by atoms with Gasteiger partial charge in [0.1, 0.15) is 11.4 Å². The molecule has 33 heavy (non-hydrogen) atoms. The fourth-order valence-corrected chi connectivity index (χ4v) is 4.58. The summed E-state index contributed by atoms with van der Waals surface area (Å²) in [4.78, 5) is 25.1. The molecule has 0 unspecified atom stereocenters. The number of aliphatic hydroxyl groups excluding tert-OH is 1. The van der Waals surface area contributed by atoms with Crippen LogP contribution in [0.25, 0.3) is 22.0 Å². The minimum atomic E-state index is -1.30. The average molecular weight is 471 g/mol. The van der Waals surface area contributed by atoms with Gasteiger partial charge in [0.2, 0.25) is 5.43 Å². The summed E-state index contributed by atoms with van der Waals surface area (Å²) in [5.41, 5.74) is 0.649. The van der Waals surface area contributed by atoms with Crippen molar-refractivity contribution >= 4 is 28.8 Å². The van der Waals surface area contributed by atoms with Gasteiger partial charge in [-0.1, -0.05) is 25.0 Å². The highest BCUT2D eigenvalue weighted by Gasteiger charge is 2.27. The molecule has 1 aliphatic carbocycles. The SMILES string of the molecule is O=C(O)c1cn(C2CC2)c2cc(-c3ccc(SNCCCCCCO)cc3)c(F)cc2c1=O. The van der Waals surface area contributed by atoms with Gasteiger partial charge in [-0.05, 0) is 67.5 Å². The van der Waals surface area contributed by atoms with E-state index in [2.05, 4.69) is 4.72 Å². The number of pyridine rings is 1. The summed E-state index contributed by atoms with van der Waals surface area (Å²) in [6, 6.07) is 10.5. The van der Waals surface area contributed by atoms with Crippen LogP contribution in [-0.2, 0) is 0 Å². The van der Waals surface area contributed by atoms with Crippen molar-refractivity contribution in [2.45, 2.75) is 49.5 Å². The Labute approximate surface area is 195 Å². The molecule has 1 aromatic heterocycles. The number of hydrogen-bond acceptors (Lipinski definition) is 5. The second kappa shape index (κ2) is 10.5. The van der Waals surface area contributed by atoms with Crippen molar-refractivity contribution in [2.24, 2.45) is 0 Å². The van der Waals surface area contributed by atoms with Gasteiger partial charge in [0.25, 0.3) is 0 Å². The predicted octanol–water partition coefficient (Wildman–Crippen LogP) is 4.99. The molecular formula is C25H27FN2O4S. The highest BCUT2D eigenvalue weighted by atomic mass is 32.2. The molecule has 0 radical (unpaired) electrons. The van der Waals surface area contributed by atoms with Crippen LogP contribution in [0, 0.1) is 5.82 Å². The van der Waals surface area contributed by atoms with Gasteiger partial charge in [0, 0.05) is 41.2 Å². The van der Waals surface area contributed by atoms with Crippen LogP contribution in [0.2, 0.25) is 0 Å². The lowest BCUT2D eigenvalue weighted by atomic mass is 10.0. The van der Waals surface area contributed by atoms with E-state index in [4.69, 9.17) is 5.11 Å². The number of nitrogens with one attached hydrogen (secondary N) is 1. The van der Waals surface area contributed by atoms with Crippen molar-refractivity contribution in [1.29, 1.82) is 0 Å². The fourth-order valence-electron chi connectivity index (χ4n) is 3.90. The fraction of sp³-hybridized carbons (Fsp3) is 0.360. The smallest absolute Gasteiger partial charge is 0.341 e. The van der Waals surface area contributed by atoms with E-state index < -0.39 is 17.2 Å². The number of carboxylic acids is 1. The standard InChI is InChI=1S/C25H27FN2O4S/c26-22-13-20-23(28(17-7-8-17)15-21(24(20)30)25(31)32)14-19(22)16-5-9-18(10-6-16)33-27-11-3-1-2-4-12-29/h5-6,9-10,13-15,17,27,29H,1-4,7-8,11-12H2,(H,31,32). The molecule has 3 aromatic rings. The Hall–Kier alpha value is -2.68. The molecule has 8 heteroatoms. The molecule has 1 fully saturated rings. The first-order valence-electron chi connectivity index (χ1n) is 11.2. The molecule has 0 spiro atoms. The molecule has 0 atom stereocenters. The van der Waals surface area contributed by atoms with Crippen LogP contribution in [0.3, 0.4) is 0 Å². The summed E-state index contributed by atoms with van der Waals surface area (Å²) in [6.45, 7) is 1.11. The minimum Gasteiger partial charge on any atom is -0.477 e. The van der Waals surface area contributed by atoms with Gasteiger partial charge in [-0.25, -0.2) is 9.18 Å². The molecule has 0 bridgehead atoms. The van der Waals surface area contributed by atoms with Crippen molar-refractivity contribution < 1.29 is 19.4 Å². The quantitative estimate of drug-likeness (QED) is 0.270. The number of aliphatic hydroxyl groups is 1. The molecule has 3 N–H and O–H groups in total. The van der Waals surface area contributed by atoms with Gasteiger partial charge < -0.3 is 14.8 Å². The first kappa shape index (κ1) is 23.5. The maximum Gasteiger partial charge on any atom is 0.341 e. The van der Waals surface area contributed by atoms with Crippen LogP contribution in [-0.4, -0.2) is 33.9 Å². The average Bonchev–Trinajstić information content (AvgIpc) is 3.64. The maximum atomic E-state index is 15.0. The van der Waals surface area contributed by atoms with Crippen molar-refractivity contribution in [3.8, 4) is 11.1 Å². The van der Waals surface area contributed by atoms with E-state index in [0.29, 0.717) is 16.6 Å². The molecule has 1 saturated carbocycles. The van der Waals surface area contributed by atoms with Gasteiger partial charge in [0.05, 0.1) is 5.52 Å². The number of aromatic nitrogens is 1. The summed E-state index contributed by atoms with van der Waals surface area (Å²) >= 11 is 1.52. The van der Waals surface area contributed by atoms with Gasteiger partial charge in [0.15, 0.2) is 0 Å². The molecule has 6 nitrogen and oxygen atoms in total. The van der Waals surface area contributed by atoms with Gasteiger partial charge in [-0.2, -0.15) is 0 Å². The maximum absolute atomic E-state index is 15.0. The van der Waals surface area contributed by atoms with E-state index >= 15 is 4.39 Å². The molecule has 174 valence electrons. The highest BCUT2D eigenvalue weighted by molar-refractivity contribution is 7.97. The molecule has 4 rings (SSSR count). The molecule has 0 amide bonds. The molecule has 1 heterocycles. The van der Waals surface area contributed by atoms with Crippen LogP contribution >= 0.6 is 11.9 Å². The Balaban J connectivity index is 1.54. The van der Waals surface area contributed by atoms with Crippen LogP contribution < -0.4 is 10.2 Å². The Morgan fingerprint density at radius 3 is 2.52 bits per heavy atom. The first-order valence-corrected chi connectivity index (χ1v) is 12.0. The Morgan fingerprint density at radius 1 is 1.12 bits per heavy atom. The summed E-state index contributed by atoms with van der Waals surface area (Å²) in [5.74, 6) is -1.85. The Kier molecular flexibility index (Phi) is 7.47. The third-order valence-corrected chi connectivity index (χ3v) is 6.69. The number of halogens is 1. The van der Waals surface area contributed by atoms with Crippen LogP contribution in [0.15, 0.2) is 52.3 Å². The number of nitrogens with zero attached hydrogens (tertiary/aromatic N) is 1. The van der Waals surface area contributed by atoms with E-state index in [1.165, 1.54) is 24.2 Å². The molecule has 0 saturated heterocycles. The first-order chi connectivity index (χ1) is 16.0. The van der Waals surface area contributed by atoms with E-state index in [0.717, 1.165) is 50.0 Å². The number of carboxylic acid groups (broad SMARTS) is 1. The van der Waals surface area contributed by atoms with E-state index in [9.17, 15) is 14.7 Å². The van der Waals surface area contributed by atoms with Crippen molar-refractivity contribution in [3.63, 3.8) is 0 Å². The number of fused-ring (bicyclic) bond motifs is 1. The second-order valence-corrected chi connectivity index (χ2v) is 9.29. The number of aromatic carboxylic acids is 1. The summed E-state index contributed by atoms with van der Waals surface area (Å²) in [6.07, 6.45) is 7.20. The van der Waals surface area contributed by atoms with Crippen LogP contribution in [0.5, 0.6) is 0 Å². The van der Waals surface area contributed by atoms with Crippen LogP contribution in [0.1, 0.15) is 54.9 Å². The summed E-state index contributed by atoms with van der Waals surface area (Å²) in [5, 5.41) is 18.3. The summed E-state index contributed by atoms with van der Waals surface area (Å²) in [7, 11) is 0. The zero-order valence-electron chi connectivity index (χ0n) is 18.2.